The molecule has 0 aliphatic heterocycles. The molecule has 11 heteroatoms. The molecule has 0 saturated carbocycles. The molecule has 9 nitrogen and oxygen atoms in total. The average Bonchev–Trinajstić information content (AvgIpc) is 3.24. The number of nitrogens with one attached hydrogen (secondary N) is 1. The lowest BCUT2D eigenvalue weighted by Gasteiger charge is -2.17. The smallest absolute Gasteiger partial charge is 0.391 e. The Bertz CT molecular complexity index is 925. The third kappa shape index (κ3) is 5.25. The predicted octanol–water partition coefficient (Wildman–Crippen LogP) is 1.38. The molecule has 0 saturated heterocycles. The summed E-state index contributed by atoms with van der Waals surface area (Å²) in [5, 5.41) is 20.4. The summed E-state index contributed by atoms with van der Waals surface area (Å²) >= 11 is 1.19. The highest BCUT2D eigenvalue weighted by molar-refractivity contribution is 7.99. The highest BCUT2D eigenvalue weighted by Gasteiger charge is 2.18. The van der Waals surface area contributed by atoms with Gasteiger partial charge >= 0.3 is 5.76 Å². The Hall–Kier alpha value is -2.50. The van der Waals surface area contributed by atoms with Crippen LogP contribution in [0.5, 0.6) is 0 Å². The highest BCUT2D eigenvalue weighted by atomic mass is 32.2. The summed E-state index contributed by atoms with van der Waals surface area (Å²) in [4.78, 5) is 13.1. The van der Waals surface area contributed by atoms with Crippen molar-refractivity contribution in [3.05, 3.63) is 45.7 Å². The molecule has 1 atom stereocenters. The topological polar surface area (TPSA) is 144 Å². The quantitative estimate of drug-likeness (QED) is 0.544. The maximum absolute atomic E-state index is 12.4. The lowest BCUT2D eigenvalue weighted by molar-refractivity contribution is 0.208. The zero-order valence-corrected chi connectivity index (χ0v) is 14.3. The summed E-state index contributed by atoms with van der Waals surface area (Å²) in [6.45, 7) is 0.147. The van der Waals surface area contributed by atoms with Crippen LogP contribution in [0.2, 0.25) is 0 Å². The van der Waals surface area contributed by atoms with Gasteiger partial charge in [-0.1, -0.05) is 30.4 Å². The zero-order valence-electron chi connectivity index (χ0n) is 13.5. The summed E-state index contributed by atoms with van der Waals surface area (Å²) in [7, 11) is 0. The van der Waals surface area contributed by atoms with Gasteiger partial charge in [-0.2, -0.15) is 0 Å². The van der Waals surface area contributed by atoms with Gasteiger partial charge in [0.15, 0.2) is 10.7 Å². The molecule has 0 amide bonds. The number of nitrogens with zero attached hydrogens (tertiary/aromatic N) is 3. The van der Waals surface area contributed by atoms with E-state index in [-0.39, 0.29) is 31.3 Å². The molecule has 146 valence electrons. The first-order chi connectivity index (χ1) is 12.6. The number of aryl methyl sites for hydroxylation is 2. The van der Waals surface area contributed by atoms with Crippen molar-refractivity contribution < 1.29 is 18.6 Å². The summed E-state index contributed by atoms with van der Waals surface area (Å²) in [5.74, 6) is -0.338. The van der Waals surface area contributed by atoms with E-state index in [9.17, 15) is 14.3 Å². The van der Waals surface area contributed by atoms with Gasteiger partial charge < -0.3 is 10.8 Å². The minimum atomic E-state index is -0.694. The summed E-state index contributed by atoms with van der Waals surface area (Å²) in [6.07, 6.45) is 1.55. The van der Waals surface area contributed by atoms with Crippen LogP contribution in [0.25, 0.3) is 11.5 Å². The van der Waals surface area contributed by atoms with E-state index in [1.54, 1.807) is 6.07 Å². The summed E-state index contributed by atoms with van der Waals surface area (Å²) in [6, 6.07) is 5.02. The first kappa shape index (κ1) is 20.8. The Kier molecular flexibility index (Phi) is 7.28. The molecule has 0 radical (unpaired) electrons. The number of nitrogens with two attached hydrogens (primary N) is 1. The maximum Gasteiger partial charge on any atom is 0.439 e. The second-order valence-electron chi connectivity index (χ2n) is 5.48. The van der Waals surface area contributed by atoms with Crippen LogP contribution >= 0.6 is 11.8 Å². The highest BCUT2D eigenvalue weighted by Crippen LogP contribution is 2.25. The summed E-state index contributed by atoms with van der Waals surface area (Å²) in [5.41, 5.74) is 8.03. The number of benzene rings is 1. The minimum Gasteiger partial charge on any atom is -0.391 e. The van der Waals surface area contributed by atoms with Crippen molar-refractivity contribution in [1.82, 2.24) is 20.5 Å². The lowest BCUT2D eigenvalue weighted by atomic mass is 9.89. The molecule has 3 aromatic rings. The number of aromatic nitrogens is 4. The number of fused-ring (bicyclic) bond motifs is 1. The van der Waals surface area contributed by atoms with E-state index in [0.717, 1.165) is 12.8 Å². The van der Waals surface area contributed by atoms with Gasteiger partial charge in [-0.25, -0.2) is 13.8 Å². The molecular weight excluding hydrogens is 377 g/mol. The zero-order chi connectivity index (χ0) is 18.5. The van der Waals surface area contributed by atoms with Gasteiger partial charge in [0, 0.05) is 12.3 Å². The molecule has 4 N–H and O–H groups in total. The van der Waals surface area contributed by atoms with Crippen LogP contribution in [-0.4, -0.2) is 44.0 Å². The molecule has 2 aromatic heterocycles. The maximum atomic E-state index is 12.4. The SMILES string of the molecule is C.Fc1ccc2c(c1)CC2.NCC(O)CSc1nonc1-c1noc(=O)[nH]1. The monoisotopic (exact) mass is 397 g/mol. The molecule has 1 aromatic carbocycles. The van der Waals surface area contributed by atoms with Crippen LogP contribution in [0, 0.1) is 5.82 Å². The Morgan fingerprint density at radius 2 is 2.07 bits per heavy atom. The van der Waals surface area contributed by atoms with Gasteiger partial charge in [-0.05, 0) is 46.4 Å². The average molecular weight is 397 g/mol. The van der Waals surface area contributed by atoms with Gasteiger partial charge in [0.2, 0.25) is 5.82 Å². The number of H-pyrrole nitrogens is 1. The molecule has 1 aliphatic carbocycles. The van der Waals surface area contributed by atoms with Crippen molar-refractivity contribution in [2.75, 3.05) is 12.3 Å². The molecule has 0 fully saturated rings. The number of rotatable bonds is 5. The second-order valence-corrected chi connectivity index (χ2v) is 6.48. The fourth-order valence-electron chi connectivity index (χ4n) is 2.16. The number of thioether (sulfide) groups is 1. The number of aromatic amines is 1. The Labute approximate surface area is 158 Å². The number of aliphatic hydroxyl groups excluding tert-OH is 1. The standard InChI is InChI=1S/C8H7F.C7H9N5O4S.CH4/c9-8-4-3-6-1-2-7(6)5-8;8-1-3(13)2-17-6-4(10-16-12-6)5-9-7(14)15-11-5;/h3-5H,1-2H2;3,13H,1-2,8H2,(H,9,11,14);1H4. The first-order valence-electron chi connectivity index (χ1n) is 7.74. The molecule has 0 bridgehead atoms. The largest absolute Gasteiger partial charge is 0.439 e. The van der Waals surface area contributed by atoms with E-state index in [0.29, 0.717) is 10.8 Å². The van der Waals surface area contributed by atoms with Crippen molar-refractivity contribution >= 4 is 11.8 Å². The first-order valence-corrected chi connectivity index (χ1v) is 8.72. The van der Waals surface area contributed by atoms with E-state index in [4.69, 9.17) is 5.73 Å². The van der Waals surface area contributed by atoms with Crippen LogP contribution in [0.15, 0.2) is 37.2 Å². The Morgan fingerprint density at radius 1 is 1.30 bits per heavy atom. The molecule has 4 rings (SSSR count). The van der Waals surface area contributed by atoms with Gasteiger partial charge in [-0.15, -0.1) is 0 Å². The third-order valence-electron chi connectivity index (χ3n) is 3.64. The molecule has 1 aliphatic rings. The number of hydrogen-bond acceptors (Lipinski definition) is 9. The van der Waals surface area contributed by atoms with Gasteiger partial charge in [0.05, 0.1) is 6.10 Å². The van der Waals surface area contributed by atoms with E-state index in [1.165, 1.54) is 29.0 Å². The van der Waals surface area contributed by atoms with Crippen LogP contribution in [-0.2, 0) is 12.8 Å². The van der Waals surface area contributed by atoms with Crippen molar-refractivity contribution in [3.63, 3.8) is 0 Å². The van der Waals surface area contributed by atoms with E-state index >= 15 is 0 Å². The number of aliphatic hydroxyl groups is 1. The summed E-state index contributed by atoms with van der Waals surface area (Å²) < 4.78 is 21.3. The van der Waals surface area contributed by atoms with Crippen LogP contribution in [0.4, 0.5) is 4.39 Å². The van der Waals surface area contributed by atoms with E-state index in [2.05, 4.69) is 29.6 Å². The second kappa shape index (κ2) is 9.44. The molecule has 27 heavy (non-hydrogen) atoms. The molecule has 2 heterocycles. The number of halogens is 1. The fourth-order valence-corrected chi connectivity index (χ4v) is 3.00. The lowest BCUT2D eigenvalue weighted by Crippen LogP contribution is -2.21. The molecular formula is C16H20FN5O4S. The Balaban J connectivity index is 0.000000220. The van der Waals surface area contributed by atoms with Crippen molar-refractivity contribution in [1.29, 1.82) is 0 Å². The number of hydrogen-bond donors (Lipinski definition) is 3. The fraction of sp³-hybridized carbons (Fsp3) is 0.375. The van der Waals surface area contributed by atoms with Crippen molar-refractivity contribution in [2.45, 2.75) is 31.4 Å². The van der Waals surface area contributed by atoms with Gasteiger partial charge in [0.1, 0.15) is 5.82 Å². The molecule has 1 unspecified atom stereocenters. The molecule has 0 spiro atoms. The predicted molar refractivity (Wildman–Crippen MR) is 96.7 cm³/mol. The van der Waals surface area contributed by atoms with Crippen molar-refractivity contribution in [3.8, 4) is 11.5 Å². The van der Waals surface area contributed by atoms with Gasteiger partial charge in [0.25, 0.3) is 0 Å². The normalized spacial score (nSPS) is 12.9. The van der Waals surface area contributed by atoms with Crippen molar-refractivity contribution in [2.24, 2.45) is 5.73 Å². The van der Waals surface area contributed by atoms with Gasteiger partial charge in [-0.3, -0.25) is 9.51 Å². The third-order valence-corrected chi connectivity index (χ3v) is 4.73. The van der Waals surface area contributed by atoms with E-state index in [1.807, 2.05) is 6.07 Å². The van der Waals surface area contributed by atoms with E-state index < -0.39 is 11.9 Å². The minimum absolute atomic E-state index is 0. The van der Waals surface area contributed by atoms with Crippen LogP contribution < -0.4 is 11.5 Å². The van der Waals surface area contributed by atoms with Crippen LogP contribution in [0.3, 0.4) is 0 Å². The Morgan fingerprint density at radius 3 is 2.63 bits per heavy atom. The van der Waals surface area contributed by atoms with Crippen LogP contribution in [0.1, 0.15) is 18.6 Å².